The molecule has 2 aromatic rings. The minimum Gasteiger partial charge on any atom is -0.320 e. The highest BCUT2D eigenvalue weighted by Crippen LogP contribution is 2.22. The van der Waals surface area contributed by atoms with Gasteiger partial charge in [0, 0.05) is 5.69 Å². The lowest BCUT2D eigenvalue weighted by atomic mass is 10.1. The van der Waals surface area contributed by atoms with Gasteiger partial charge in [-0.2, -0.15) is 0 Å². The number of hydrogen-bond acceptors (Lipinski definition) is 5. The molecule has 104 valence electrons. The highest BCUT2D eigenvalue weighted by atomic mass is 16.1. The number of aromatic nitrogens is 2. The molecule has 0 fully saturated rings. The first-order valence-electron chi connectivity index (χ1n) is 6.19. The molecule has 20 heavy (non-hydrogen) atoms. The standard InChI is InChI=1S/C14H17N5O/c1-8-4-9(2)13(10(3)5-8)18-14(20)11-6-17-12(19-15)7-16-11/h4-7H,15H2,1-3H3,(H,17,19)(H,18,20). The maximum Gasteiger partial charge on any atom is 0.275 e. The van der Waals surface area contributed by atoms with E-state index in [9.17, 15) is 4.79 Å². The van der Waals surface area contributed by atoms with Gasteiger partial charge in [0.1, 0.15) is 5.69 Å². The van der Waals surface area contributed by atoms with Crippen molar-refractivity contribution in [2.75, 3.05) is 10.7 Å². The Labute approximate surface area is 117 Å². The van der Waals surface area contributed by atoms with Crippen LogP contribution in [0.4, 0.5) is 11.5 Å². The summed E-state index contributed by atoms with van der Waals surface area (Å²) in [4.78, 5) is 20.1. The maximum atomic E-state index is 12.1. The van der Waals surface area contributed by atoms with Crippen molar-refractivity contribution >= 4 is 17.4 Å². The zero-order chi connectivity index (χ0) is 14.7. The van der Waals surface area contributed by atoms with E-state index in [1.807, 2.05) is 32.9 Å². The van der Waals surface area contributed by atoms with Gasteiger partial charge in [-0.25, -0.2) is 15.8 Å². The number of nitrogens with two attached hydrogens (primary N) is 1. The third kappa shape index (κ3) is 2.92. The molecule has 6 nitrogen and oxygen atoms in total. The minimum atomic E-state index is -0.295. The maximum absolute atomic E-state index is 12.1. The predicted molar refractivity (Wildman–Crippen MR) is 78.4 cm³/mol. The van der Waals surface area contributed by atoms with E-state index in [0.29, 0.717) is 5.82 Å². The second-order valence-corrected chi connectivity index (χ2v) is 4.66. The predicted octanol–water partition coefficient (Wildman–Crippen LogP) is 1.94. The van der Waals surface area contributed by atoms with Crippen LogP contribution in [0.2, 0.25) is 0 Å². The van der Waals surface area contributed by atoms with E-state index in [1.165, 1.54) is 12.4 Å². The Balaban J connectivity index is 2.23. The number of carbonyl (C=O) groups excluding carboxylic acids is 1. The Hall–Kier alpha value is -2.47. The van der Waals surface area contributed by atoms with Crippen LogP contribution in [0.25, 0.3) is 0 Å². The van der Waals surface area contributed by atoms with Crippen LogP contribution in [0.1, 0.15) is 27.2 Å². The van der Waals surface area contributed by atoms with Crippen LogP contribution in [-0.4, -0.2) is 15.9 Å². The third-order valence-electron chi connectivity index (χ3n) is 2.95. The van der Waals surface area contributed by atoms with Crippen LogP contribution in [-0.2, 0) is 0 Å². The number of amides is 1. The quantitative estimate of drug-likeness (QED) is 0.586. The van der Waals surface area contributed by atoms with Crippen molar-refractivity contribution in [3.63, 3.8) is 0 Å². The Morgan fingerprint density at radius 1 is 1.10 bits per heavy atom. The van der Waals surface area contributed by atoms with Crippen molar-refractivity contribution in [2.24, 2.45) is 5.84 Å². The lowest BCUT2D eigenvalue weighted by Crippen LogP contribution is -2.17. The molecular weight excluding hydrogens is 254 g/mol. The van der Waals surface area contributed by atoms with E-state index < -0.39 is 0 Å². The lowest BCUT2D eigenvalue weighted by molar-refractivity contribution is 0.102. The number of nitrogens with one attached hydrogen (secondary N) is 2. The molecule has 0 aliphatic heterocycles. The van der Waals surface area contributed by atoms with Gasteiger partial charge in [0.15, 0.2) is 5.82 Å². The molecule has 0 aliphatic carbocycles. The number of hydrogen-bond donors (Lipinski definition) is 3. The summed E-state index contributed by atoms with van der Waals surface area (Å²) in [6, 6.07) is 4.05. The van der Waals surface area contributed by atoms with Gasteiger partial charge in [-0.1, -0.05) is 17.7 Å². The van der Waals surface area contributed by atoms with Crippen LogP contribution in [0.15, 0.2) is 24.5 Å². The van der Waals surface area contributed by atoms with Gasteiger partial charge in [-0.15, -0.1) is 0 Å². The van der Waals surface area contributed by atoms with Gasteiger partial charge in [0.25, 0.3) is 5.91 Å². The van der Waals surface area contributed by atoms with Crippen molar-refractivity contribution in [1.82, 2.24) is 9.97 Å². The number of nitrogens with zero attached hydrogens (tertiary/aromatic N) is 2. The SMILES string of the molecule is Cc1cc(C)c(NC(=O)c2cnc(NN)cn2)c(C)c1. The molecule has 1 heterocycles. The van der Waals surface area contributed by atoms with Crippen LogP contribution < -0.4 is 16.6 Å². The van der Waals surface area contributed by atoms with Crippen molar-refractivity contribution in [3.8, 4) is 0 Å². The summed E-state index contributed by atoms with van der Waals surface area (Å²) in [7, 11) is 0. The highest BCUT2D eigenvalue weighted by molar-refractivity contribution is 6.03. The molecule has 6 heteroatoms. The summed E-state index contributed by atoms with van der Waals surface area (Å²) in [5.74, 6) is 5.31. The van der Waals surface area contributed by atoms with E-state index in [2.05, 4.69) is 20.7 Å². The average molecular weight is 271 g/mol. The first-order valence-corrected chi connectivity index (χ1v) is 6.19. The van der Waals surface area contributed by atoms with E-state index in [1.54, 1.807) is 0 Å². The third-order valence-corrected chi connectivity index (χ3v) is 2.95. The van der Waals surface area contributed by atoms with Gasteiger partial charge in [-0.05, 0) is 31.9 Å². The number of hydrazine groups is 1. The van der Waals surface area contributed by atoms with Gasteiger partial charge in [-0.3, -0.25) is 4.79 Å². The van der Waals surface area contributed by atoms with E-state index in [0.717, 1.165) is 22.4 Å². The summed E-state index contributed by atoms with van der Waals surface area (Å²) in [6.07, 6.45) is 2.78. The van der Waals surface area contributed by atoms with E-state index >= 15 is 0 Å². The van der Waals surface area contributed by atoms with Crippen LogP contribution in [0.5, 0.6) is 0 Å². The van der Waals surface area contributed by atoms with Crippen LogP contribution >= 0.6 is 0 Å². The van der Waals surface area contributed by atoms with Crippen molar-refractivity contribution in [3.05, 3.63) is 46.9 Å². The number of anilines is 2. The fourth-order valence-corrected chi connectivity index (χ4v) is 2.07. The van der Waals surface area contributed by atoms with Gasteiger partial charge in [0.2, 0.25) is 0 Å². The van der Waals surface area contributed by atoms with E-state index in [4.69, 9.17) is 5.84 Å². The fourth-order valence-electron chi connectivity index (χ4n) is 2.07. The zero-order valence-electron chi connectivity index (χ0n) is 11.7. The molecule has 0 aliphatic rings. The lowest BCUT2D eigenvalue weighted by Gasteiger charge is -2.12. The first kappa shape index (κ1) is 14.0. The Morgan fingerprint density at radius 2 is 1.75 bits per heavy atom. The molecule has 0 atom stereocenters. The molecule has 1 aromatic heterocycles. The van der Waals surface area contributed by atoms with Crippen LogP contribution in [0.3, 0.4) is 0 Å². The monoisotopic (exact) mass is 271 g/mol. The minimum absolute atomic E-state index is 0.239. The average Bonchev–Trinajstić information content (AvgIpc) is 2.42. The zero-order valence-corrected chi connectivity index (χ0v) is 11.7. The Bertz CT molecular complexity index is 614. The smallest absolute Gasteiger partial charge is 0.275 e. The number of carbonyl (C=O) groups is 1. The van der Waals surface area contributed by atoms with Gasteiger partial charge >= 0.3 is 0 Å². The van der Waals surface area contributed by atoms with Crippen LogP contribution in [0, 0.1) is 20.8 Å². The largest absolute Gasteiger partial charge is 0.320 e. The molecule has 0 spiro atoms. The highest BCUT2D eigenvalue weighted by Gasteiger charge is 2.11. The summed E-state index contributed by atoms with van der Waals surface area (Å²) in [5, 5.41) is 2.87. The fraction of sp³-hybridized carbons (Fsp3) is 0.214. The first-order chi connectivity index (χ1) is 9.51. The second kappa shape index (κ2) is 5.66. The van der Waals surface area contributed by atoms with Crippen molar-refractivity contribution in [2.45, 2.75) is 20.8 Å². The normalized spacial score (nSPS) is 10.2. The molecule has 4 N–H and O–H groups in total. The number of aryl methyl sites for hydroxylation is 3. The Kier molecular flexibility index (Phi) is 3.95. The number of rotatable bonds is 3. The molecule has 1 aromatic carbocycles. The molecule has 1 amide bonds. The van der Waals surface area contributed by atoms with Crippen molar-refractivity contribution in [1.29, 1.82) is 0 Å². The van der Waals surface area contributed by atoms with Gasteiger partial charge in [0.05, 0.1) is 12.4 Å². The topological polar surface area (TPSA) is 92.9 Å². The summed E-state index contributed by atoms with van der Waals surface area (Å²) >= 11 is 0. The van der Waals surface area contributed by atoms with Gasteiger partial charge < -0.3 is 10.7 Å². The molecule has 0 saturated heterocycles. The van der Waals surface area contributed by atoms with E-state index in [-0.39, 0.29) is 11.6 Å². The molecule has 0 unspecified atom stereocenters. The Morgan fingerprint density at radius 3 is 2.25 bits per heavy atom. The second-order valence-electron chi connectivity index (χ2n) is 4.66. The number of benzene rings is 1. The molecular formula is C14H17N5O. The summed E-state index contributed by atoms with van der Waals surface area (Å²) in [5.41, 5.74) is 6.61. The van der Waals surface area contributed by atoms with Crippen molar-refractivity contribution < 1.29 is 4.79 Å². The summed E-state index contributed by atoms with van der Waals surface area (Å²) < 4.78 is 0. The molecule has 0 bridgehead atoms. The molecule has 0 radical (unpaired) electrons. The molecule has 0 saturated carbocycles. The molecule has 2 rings (SSSR count). The summed E-state index contributed by atoms with van der Waals surface area (Å²) in [6.45, 7) is 5.95. The number of nitrogen functional groups attached to an aromatic ring is 1.